The van der Waals surface area contributed by atoms with Gasteiger partial charge in [0, 0.05) is 45.3 Å². The maximum atomic E-state index is 5.25. The molecule has 0 amide bonds. The molecule has 3 heterocycles. The number of pyridine rings is 2. The third-order valence-corrected chi connectivity index (χ3v) is 12.6. The summed E-state index contributed by atoms with van der Waals surface area (Å²) in [6, 6.07) is 62.6. The molecule has 0 atom stereocenters. The van der Waals surface area contributed by atoms with E-state index in [1.165, 1.54) is 66.1 Å². The van der Waals surface area contributed by atoms with Gasteiger partial charge in [-0.15, -0.1) is 0 Å². The second-order valence-corrected chi connectivity index (χ2v) is 16.4. The van der Waals surface area contributed by atoms with Crippen LogP contribution in [0.2, 0.25) is 0 Å². The third-order valence-electron chi connectivity index (χ3n) is 12.6. The van der Waals surface area contributed by atoms with Crippen LogP contribution in [0, 0.1) is 0 Å². The molecule has 0 N–H and O–H groups in total. The number of nitrogens with zero attached hydrogens (tertiary/aromatic N) is 5. The monoisotopic (exact) mass is 779 g/mol. The van der Waals surface area contributed by atoms with Gasteiger partial charge in [-0.05, 0) is 109 Å². The van der Waals surface area contributed by atoms with Crippen LogP contribution >= 0.6 is 0 Å². The number of para-hydroxylation sites is 2. The number of hydrogen-bond acceptors (Lipinski definition) is 5. The fourth-order valence-corrected chi connectivity index (χ4v) is 9.70. The van der Waals surface area contributed by atoms with Gasteiger partial charge in [-0.2, -0.15) is 0 Å². The van der Waals surface area contributed by atoms with Crippen LogP contribution in [0.1, 0.15) is 25.0 Å². The molecular weight excluding hydrogens is 743 g/mol. The average molecular weight is 780 g/mol. The van der Waals surface area contributed by atoms with Gasteiger partial charge in [0.15, 0.2) is 17.5 Å². The van der Waals surface area contributed by atoms with E-state index >= 15 is 0 Å². The topological polar surface area (TPSA) is 64.5 Å². The molecule has 1 aliphatic carbocycles. The Morgan fingerprint density at radius 2 is 0.787 bits per heavy atom. The highest BCUT2D eigenvalue weighted by atomic mass is 15.0. The van der Waals surface area contributed by atoms with Gasteiger partial charge < -0.3 is 0 Å². The summed E-state index contributed by atoms with van der Waals surface area (Å²) >= 11 is 0. The van der Waals surface area contributed by atoms with E-state index in [9.17, 15) is 0 Å². The van der Waals surface area contributed by atoms with E-state index in [0.717, 1.165) is 38.5 Å². The lowest BCUT2D eigenvalue weighted by molar-refractivity contribution is 0.661. The third kappa shape index (κ3) is 5.51. The van der Waals surface area contributed by atoms with Crippen molar-refractivity contribution in [2.24, 2.45) is 0 Å². The average Bonchev–Trinajstić information content (AvgIpc) is 3.54. The summed E-state index contributed by atoms with van der Waals surface area (Å²) < 4.78 is 0. The number of rotatable bonds is 5. The molecule has 8 aromatic carbocycles. The Morgan fingerprint density at radius 1 is 0.328 bits per heavy atom. The Bertz CT molecular complexity index is 3450. The largest absolute Gasteiger partial charge is 0.256 e. The second kappa shape index (κ2) is 13.6. The van der Waals surface area contributed by atoms with E-state index in [1.54, 1.807) is 0 Å². The van der Waals surface area contributed by atoms with Gasteiger partial charge in [-0.1, -0.05) is 147 Å². The number of hydrogen-bond donors (Lipinski definition) is 0. The number of aromatic nitrogens is 5. The standard InChI is InChI=1S/C56H37N5/c1-56(2)47-31-36(53-59-54(42-27-29-57-49-23-13-11-19-38(42)49)61-55(60-53)43-28-30-58-50-24-14-12-20-39(43)50)25-26-37(47)44-32-45-46(33-48(44)56)52(35-17-7-4-8-18-35)41-22-10-9-21-40(41)51(45)34-15-5-3-6-16-34/h3-33H,1-2H3. The Morgan fingerprint density at radius 3 is 1.34 bits per heavy atom. The molecule has 11 aromatic rings. The fourth-order valence-electron chi connectivity index (χ4n) is 9.70. The van der Waals surface area contributed by atoms with Crippen molar-refractivity contribution < 1.29 is 0 Å². The summed E-state index contributed by atoms with van der Waals surface area (Å²) in [5.74, 6) is 1.82. The maximum Gasteiger partial charge on any atom is 0.164 e. The molecule has 0 unspecified atom stereocenters. The first kappa shape index (κ1) is 35.1. The van der Waals surface area contributed by atoms with E-state index in [1.807, 2.05) is 60.9 Å². The highest BCUT2D eigenvalue weighted by molar-refractivity contribution is 6.22. The second-order valence-electron chi connectivity index (χ2n) is 16.4. The summed E-state index contributed by atoms with van der Waals surface area (Å²) in [6.07, 6.45) is 3.66. The molecule has 0 spiro atoms. The predicted octanol–water partition coefficient (Wildman–Crippen LogP) is 13.9. The van der Waals surface area contributed by atoms with Crippen molar-refractivity contribution in [2.75, 3.05) is 0 Å². The van der Waals surface area contributed by atoms with E-state index in [0.29, 0.717) is 17.5 Å². The van der Waals surface area contributed by atoms with Crippen LogP contribution in [-0.4, -0.2) is 24.9 Å². The molecule has 0 bridgehead atoms. The summed E-state index contributed by atoms with van der Waals surface area (Å²) in [4.78, 5) is 25.0. The van der Waals surface area contributed by atoms with Gasteiger partial charge in [0.05, 0.1) is 11.0 Å². The van der Waals surface area contributed by atoms with Crippen LogP contribution in [0.15, 0.2) is 188 Å². The molecule has 5 nitrogen and oxygen atoms in total. The molecule has 5 heteroatoms. The lowest BCUT2D eigenvalue weighted by atomic mass is 9.79. The molecule has 1 aliphatic rings. The zero-order valence-electron chi connectivity index (χ0n) is 33.6. The van der Waals surface area contributed by atoms with E-state index < -0.39 is 0 Å². The van der Waals surface area contributed by atoms with E-state index in [2.05, 4.69) is 151 Å². The van der Waals surface area contributed by atoms with Gasteiger partial charge in [0.1, 0.15) is 0 Å². The maximum absolute atomic E-state index is 5.25. The van der Waals surface area contributed by atoms with Crippen LogP contribution in [0.4, 0.5) is 0 Å². The molecule has 286 valence electrons. The van der Waals surface area contributed by atoms with Crippen LogP contribution in [0.25, 0.3) is 111 Å². The van der Waals surface area contributed by atoms with Gasteiger partial charge in [0.25, 0.3) is 0 Å². The number of benzene rings is 8. The van der Waals surface area contributed by atoms with Crippen molar-refractivity contribution >= 4 is 43.4 Å². The summed E-state index contributed by atoms with van der Waals surface area (Å²) in [5.41, 5.74) is 14.2. The van der Waals surface area contributed by atoms with E-state index in [-0.39, 0.29) is 5.41 Å². The molecule has 0 radical (unpaired) electrons. The molecule has 3 aromatic heterocycles. The Labute approximate surface area is 353 Å². The highest BCUT2D eigenvalue weighted by Gasteiger charge is 2.37. The summed E-state index contributed by atoms with van der Waals surface area (Å²) in [7, 11) is 0. The zero-order chi connectivity index (χ0) is 40.7. The van der Waals surface area contributed by atoms with Crippen molar-refractivity contribution in [1.82, 2.24) is 24.9 Å². The molecule has 0 saturated carbocycles. The van der Waals surface area contributed by atoms with Crippen molar-refractivity contribution in [2.45, 2.75) is 19.3 Å². The first-order chi connectivity index (χ1) is 30.0. The normalized spacial score (nSPS) is 12.9. The lowest BCUT2D eigenvalue weighted by Gasteiger charge is -2.24. The lowest BCUT2D eigenvalue weighted by Crippen LogP contribution is -2.15. The first-order valence-electron chi connectivity index (χ1n) is 20.7. The Balaban J connectivity index is 1.09. The highest BCUT2D eigenvalue weighted by Crippen LogP contribution is 2.54. The van der Waals surface area contributed by atoms with E-state index in [4.69, 9.17) is 15.0 Å². The van der Waals surface area contributed by atoms with Crippen molar-refractivity contribution in [3.05, 3.63) is 199 Å². The molecule has 0 aliphatic heterocycles. The fraction of sp³-hybridized carbons (Fsp3) is 0.0536. The van der Waals surface area contributed by atoms with Crippen LogP contribution in [0.5, 0.6) is 0 Å². The number of fused-ring (bicyclic) bond motifs is 7. The predicted molar refractivity (Wildman–Crippen MR) is 250 cm³/mol. The van der Waals surface area contributed by atoms with Crippen LogP contribution in [0.3, 0.4) is 0 Å². The summed E-state index contributed by atoms with van der Waals surface area (Å²) in [5, 5.41) is 6.98. The minimum absolute atomic E-state index is 0.317. The van der Waals surface area contributed by atoms with Gasteiger partial charge in [-0.3, -0.25) is 9.97 Å². The molecule has 12 rings (SSSR count). The quantitative estimate of drug-likeness (QED) is 0.163. The Kier molecular flexibility index (Phi) is 7.81. The van der Waals surface area contributed by atoms with Crippen molar-refractivity contribution in [1.29, 1.82) is 0 Å². The van der Waals surface area contributed by atoms with Gasteiger partial charge >= 0.3 is 0 Å². The van der Waals surface area contributed by atoms with Gasteiger partial charge in [-0.25, -0.2) is 15.0 Å². The minimum atomic E-state index is -0.317. The Hall–Kier alpha value is -7.89. The molecular formula is C56H37N5. The molecule has 0 fully saturated rings. The molecule has 0 saturated heterocycles. The van der Waals surface area contributed by atoms with Crippen molar-refractivity contribution in [3.63, 3.8) is 0 Å². The minimum Gasteiger partial charge on any atom is -0.256 e. The summed E-state index contributed by atoms with van der Waals surface area (Å²) in [6.45, 7) is 4.70. The molecule has 61 heavy (non-hydrogen) atoms. The SMILES string of the molecule is CC1(C)c2cc(-c3nc(-c4ccnc5ccccc45)nc(-c4ccnc5ccccc45)n3)ccc2-c2cc3c(-c4ccccc4)c4ccccc4c(-c4ccccc4)c3cc21. The van der Waals surface area contributed by atoms with Crippen LogP contribution < -0.4 is 0 Å². The van der Waals surface area contributed by atoms with Crippen LogP contribution in [-0.2, 0) is 5.41 Å². The smallest absolute Gasteiger partial charge is 0.164 e. The van der Waals surface area contributed by atoms with Gasteiger partial charge in [0.2, 0.25) is 0 Å². The van der Waals surface area contributed by atoms with Crippen molar-refractivity contribution in [3.8, 4) is 67.5 Å². The zero-order valence-corrected chi connectivity index (χ0v) is 33.6. The first-order valence-corrected chi connectivity index (χ1v) is 20.7.